The zero-order valence-electron chi connectivity index (χ0n) is 9.67. The number of ether oxygens (including phenoxy) is 1. The number of carbonyl (C=O) groups is 1. The van der Waals surface area contributed by atoms with Crippen molar-refractivity contribution in [3.05, 3.63) is 60.2 Å². The summed E-state index contributed by atoms with van der Waals surface area (Å²) in [4.78, 5) is 12.2. The lowest BCUT2D eigenvalue weighted by atomic mass is 9.91. The van der Waals surface area contributed by atoms with Crippen LogP contribution in [0.5, 0.6) is 0 Å². The van der Waals surface area contributed by atoms with Crippen molar-refractivity contribution in [1.82, 2.24) is 0 Å². The van der Waals surface area contributed by atoms with Gasteiger partial charge < -0.3 is 4.74 Å². The van der Waals surface area contributed by atoms with Crippen LogP contribution >= 0.6 is 0 Å². The van der Waals surface area contributed by atoms with Crippen LogP contribution in [0.1, 0.15) is 5.56 Å². The Labute approximate surface area is 101 Å². The molecule has 1 saturated carbocycles. The molecule has 2 aliphatic rings. The Bertz CT molecular complexity index is 481. The highest BCUT2D eigenvalue weighted by atomic mass is 16.5. The Morgan fingerprint density at radius 1 is 1.12 bits per heavy atom. The fraction of sp³-hybridized carbons (Fsp3) is 0.267. The van der Waals surface area contributed by atoms with Crippen LogP contribution < -0.4 is 0 Å². The first kappa shape index (κ1) is 10.3. The SMILES string of the molecule is COC(=O)C1(c2ccccc2)C2C=CC=CC21. The monoisotopic (exact) mass is 226 g/mol. The average molecular weight is 226 g/mol. The van der Waals surface area contributed by atoms with Gasteiger partial charge in [-0.1, -0.05) is 54.6 Å². The second-order valence-corrected chi connectivity index (χ2v) is 4.55. The van der Waals surface area contributed by atoms with E-state index in [9.17, 15) is 4.79 Å². The van der Waals surface area contributed by atoms with E-state index in [1.54, 1.807) is 0 Å². The lowest BCUT2D eigenvalue weighted by Crippen LogP contribution is -2.25. The minimum Gasteiger partial charge on any atom is -0.468 e. The lowest BCUT2D eigenvalue weighted by Gasteiger charge is -2.15. The first-order chi connectivity index (χ1) is 8.31. The summed E-state index contributed by atoms with van der Waals surface area (Å²) in [7, 11) is 1.46. The predicted molar refractivity (Wildman–Crippen MR) is 65.4 cm³/mol. The highest BCUT2D eigenvalue weighted by molar-refractivity contribution is 5.90. The van der Waals surface area contributed by atoms with Crippen molar-refractivity contribution in [3.63, 3.8) is 0 Å². The fourth-order valence-corrected chi connectivity index (χ4v) is 3.01. The maximum absolute atomic E-state index is 12.2. The number of hydrogen-bond donors (Lipinski definition) is 0. The smallest absolute Gasteiger partial charge is 0.317 e. The molecule has 0 saturated heterocycles. The molecule has 17 heavy (non-hydrogen) atoms. The standard InChI is InChI=1S/C15H14O2/c1-17-14(16)15(11-7-3-2-4-8-11)12-9-5-6-10-13(12)15/h2-10,12-13H,1H3. The van der Waals surface area contributed by atoms with Gasteiger partial charge in [-0.15, -0.1) is 0 Å². The second kappa shape index (κ2) is 3.59. The number of rotatable bonds is 2. The van der Waals surface area contributed by atoms with Gasteiger partial charge in [-0.2, -0.15) is 0 Å². The summed E-state index contributed by atoms with van der Waals surface area (Å²) < 4.78 is 5.02. The van der Waals surface area contributed by atoms with E-state index >= 15 is 0 Å². The van der Waals surface area contributed by atoms with E-state index in [4.69, 9.17) is 4.74 Å². The van der Waals surface area contributed by atoms with E-state index in [1.807, 2.05) is 42.5 Å². The largest absolute Gasteiger partial charge is 0.468 e. The predicted octanol–water partition coefficient (Wildman–Crippen LogP) is 2.47. The van der Waals surface area contributed by atoms with E-state index in [0.717, 1.165) is 5.56 Å². The Morgan fingerprint density at radius 3 is 2.24 bits per heavy atom. The van der Waals surface area contributed by atoms with E-state index in [1.165, 1.54) is 7.11 Å². The zero-order valence-corrected chi connectivity index (χ0v) is 9.67. The van der Waals surface area contributed by atoms with E-state index in [2.05, 4.69) is 12.2 Å². The molecule has 0 aromatic heterocycles. The summed E-state index contributed by atoms with van der Waals surface area (Å²) in [5.74, 6) is 0.375. The first-order valence-electron chi connectivity index (χ1n) is 5.80. The Morgan fingerprint density at radius 2 is 1.71 bits per heavy atom. The van der Waals surface area contributed by atoms with Crippen LogP contribution in [-0.2, 0) is 14.9 Å². The van der Waals surface area contributed by atoms with Crippen molar-refractivity contribution in [2.75, 3.05) is 7.11 Å². The van der Waals surface area contributed by atoms with E-state index in [-0.39, 0.29) is 17.8 Å². The molecular weight excluding hydrogens is 212 g/mol. The van der Waals surface area contributed by atoms with Crippen LogP contribution in [-0.4, -0.2) is 13.1 Å². The van der Waals surface area contributed by atoms with Crippen molar-refractivity contribution in [2.24, 2.45) is 11.8 Å². The van der Waals surface area contributed by atoms with Crippen molar-refractivity contribution < 1.29 is 9.53 Å². The maximum Gasteiger partial charge on any atom is 0.317 e. The van der Waals surface area contributed by atoms with Crippen LogP contribution in [0.25, 0.3) is 0 Å². The van der Waals surface area contributed by atoms with E-state index in [0.29, 0.717) is 0 Å². The topological polar surface area (TPSA) is 26.3 Å². The van der Waals surface area contributed by atoms with Crippen LogP contribution in [0.2, 0.25) is 0 Å². The molecule has 3 rings (SSSR count). The Kier molecular flexibility index (Phi) is 2.18. The molecule has 0 aliphatic heterocycles. The second-order valence-electron chi connectivity index (χ2n) is 4.55. The molecule has 0 bridgehead atoms. The van der Waals surface area contributed by atoms with Gasteiger partial charge in [0, 0.05) is 11.8 Å². The quantitative estimate of drug-likeness (QED) is 0.724. The van der Waals surface area contributed by atoms with Crippen LogP contribution in [0.3, 0.4) is 0 Å². The molecule has 2 atom stereocenters. The van der Waals surface area contributed by atoms with Gasteiger partial charge in [0.05, 0.1) is 7.11 Å². The number of carbonyl (C=O) groups excluding carboxylic acids is 1. The Balaban J connectivity index is 2.10. The third kappa shape index (κ3) is 1.24. The molecule has 2 nitrogen and oxygen atoms in total. The molecule has 0 amide bonds. The van der Waals surface area contributed by atoms with Gasteiger partial charge in [0.2, 0.25) is 0 Å². The molecule has 0 heterocycles. The van der Waals surface area contributed by atoms with Gasteiger partial charge in [0.25, 0.3) is 0 Å². The molecule has 0 spiro atoms. The summed E-state index contributed by atoms with van der Waals surface area (Å²) in [6.07, 6.45) is 8.23. The minimum atomic E-state index is -0.487. The molecule has 1 aromatic rings. The lowest BCUT2D eigenvalue weighted by molar-refractivity contribution is -0.144. The van der Waals surface area contributed by atoms with Crippen molar-refractivity contribution in [3.8, 4) is 0 Å². The number of fused-ring (bicyclic) bond motifs is 1. The van der Waals surface area contributed by atoms with Crippen LogP contribution in [0.15, 0.2) is 54.6 Å². The normalized spacial score (nSPS) is 33.0. The molecule has 0 radical (unpaired) electrons. The zero-order chi connectivity index (χ0) is 11.9. The van der Waals surface area contributed by atoms with Gasteiger partial charge in [-0.3, -0.25) is 4.79 Å². The molecule has 1 fully saturated rings. The van der Waals surface area contributed by atoms with E-state index < -0.39 is 5.41 Å². The minimum absolute atomic E-state index is 0.130. The first-order valence-corrected chi connectivity index (χ1v) is 5.80. The average Bonchev–Trinajstić information content (AvgIpc) is 3.09. The molecule has 0 N–H and O–H groups in total. The van der Waals surface area contributed by atoms with Crippen molar-refractivity contribution in [2.45, 2.75) is 5.41 Å². The molecule has 2 aliphatic carbocycles. The molecule has 1 aromatic carbocycles. The summed E-state index contributed by atoms with van der Waals surface area (Å²) >= 11 is 0. The molecule has 86 valence electrons. The molecule has 2 unspecified atom stereocenters. The maximum atomic E-state index is 12.2. The highest BCUT2D eigenvalue weighted by Crippen LogP contribution is 2.63. The van der Waals surface area contributed by atoms with Gasteiger partial charge in [0.15, 0.2) is 0 Å². The van der Waals surface area contributed by atoms with Crippen LogP contribution in [0.4, 0.5) is 0 Å². The molecule has 2 heteroatoms. The molecular formula is C15H14O2. The summed E-state index contributed by atoms with van der Waals surface area (Å²) in [5, 5.41) is 0. The van der Waals surface area contributed by atoms with Gasteiger partial charge in [0.1, 0.15) is 5.41 Å². The van der Waals surface area contributed by atoms with Crippen LogP contribution in [0, 0.1) is 11.8 Å². The van der Waals surface area contributed by atoms with Crippen molar-refractivity contribution in [1.29, 1.82) is 0 Å². The van der Waals surface area contributed by atoms with Gasteiger partial charge in [-0.05, 0) is 5.56 Å². The number of methoxy groups -OCH3 is 1. The van der Waals surface area contributed by atoms with Gasteiger partial charge in [-0.25, -0.2) is 0 Å². The highest BCUT2D eigenvalue weighted by Gasteiger charge is 2.69. The summed E-state index contributed by atoms with van der Waals surface area (Å²) in [6.45, 7) is 0. The fourth-order valence-electron chi connectivity index (χ4n) is 3.01. The summed E-state index contributed by atoms with van der Waals surface area (Å²) in [5.41, 5.74) is 0.567. The number of esters is 1. The number of benzene rings is 1. The summed E-state index contributed by atoms with van der Waals surface area (Å²) in [6, 6.07) is 9.93. The Hall–Kier alpha value is -1.83. The van der Waals surface area contributed by atoms with Gasteiger partial charge >= 0.3 is 5.97 Å². The number of allylic oxidation sites excluding steroid dienone is 4. The number of hydrogen-bond acceptors (Lipinski definition) is 2. The third-order valence-electron chi connectivity index (χ3n) is 3.85. The third-order valence-corrected chi connectivity index (χ3v) is 3.85. The van der Waals surface area contributed by atoms with Crippen molar-refractivity contribution >= 4 is 5.97 Å².